The maximum atomic E-state index is 12.3. The molecule has 0 aromatic heterocycles. The second-order valence-electron chi connectivity index (χ2n) is 4.17. The Kier molecular flexibility index (Phi) is 4.93. The molecule has 2 aromatic rings. The molecule has 2 aromatic carbocycles. The van der Waals surface area contributed by atoms with E-state index in [0.717, 1.165) is 14.8 Å². The highest BCUT2D eigenvalue weighted by Gasteiger charge is 2.19. The lowest BCUT2D eigenvalue weighted by Gasteiger charge is -2.16. The highest BCUT2D eigenvalue weighted by atomic mass is 127. The lowest BCUT2D eigenvalue weighted by molar-refractivity contribution is -0.117. The summed E-state index contributed by atoms with van der Waals surface area (Å²) in [7, 11) is 0. The third-order valence-corrected chi connectivity index (χ3v) is 3.83. The van der Waals surface area contributed by atoms with Gasteiger partial charge in [-0.1, -0.05) is 42.5 Å². The normalized spacial score (nSPS) is 11.9. The van der Waals surface area contributed by atoms with Crippen molar-refractivity contribution in [3.05, 3.63) is 63.7 Å². The van der Waals surface area contributed by atoms with Crippen LogP contribution in [0.3, 0.4) is 0 Å². The van der Waals surface area contributed by atoms with E-state index in [9.17, 15) is 4.79 Å². The van der Waals surface area contributed by atoms with Crippen LogP contribution in [0.2, 0.25) is 0 Å². The third kappa shape index (κ3) is 3.54. The molecule has 0 saturated heterocycles. The number of hydrogen-bond acceptors (Lipinski definition) is 2. The van der Waals surface area contributed by atoms with E-state index in [1.807, 2.05) is 54.6 Å². The molecule has 0 fully saturated rings. The van der Waals surface area contributed by atoms with E-state index in [-0.39, 0.29) is 11.8 Å². The van der Waals surface area contributed by atoms with Crippen molar-refractivity contribution in [2.75, 3.05) is 11.9 Å². The second-order valence-corrected chi connectivity index (χ2v) is 5.33. The molecule has 1 atom stereocenters. The van der Waals surface area contributed by atoms with Crippen molar-refractivity contribution in [1.29, 1.82) is 0 Å². The molecule has 3 nitrogen and oxygen atoms in total. The molecule has 0 heterocycles. The molecule has 3 N–H and O–H groups in total. The number of anilines is 1. The van der Waals surface area contributed by atoms with E-state index in [0.29, 0.717) is 6.54 Å². The summed E-state index contributed by atoms with van der Waals surface area (Å²) in [6.07, 6.45) is 0. The smallest absolute Gasteiger partial charge is 0.233 e. The van der Waals surface area contributed by atoms with Crippen molar-refractivity contribution in [3.8, 4) is 0 Å². The van der Waals surface area contributed by atoms with Gasteiger partial charge in [-0.2, -0.15) is 0 Å². The zero-order valence-corrected chi connectivity index (χ0v) is 12.5. The number of carbonyl (C=O) groups excluding carboxylic acids is 1. The van der Waals surface area contributed by atoms with Crippen LogP contribution in [0.5, 0.6) is 0 Å². The number of rotatable bonds is 4. The van der Waals surface area contributed by atoms with Crippen LogP contribution in [-0.2, 0) is 4.79 Å². The summed E-state index contributed by atoms with van der Waals surface area (Å²) in [5, 5.41) is 2.93. The number of halogens is 1. The van der Waals surface area contributed by atoms with Gasteiger partial charge in [-0.25, -0.2) is 0 Å². The number of benzene rings is 2. The van der Waals surface area contributed by atoms with Crippen molar-refractivity contribution in [2.24, 2.45) is 5.73 Å². The summed E-state index contributed by atoms with van der Waals surface area (Å²) in [4.78, 5) is 12.3. The van der Waals surface area contributed by atoms with Gasteiger partial charge in [0.2, 0.25) is 5.91 Å². The molecule has 0 radical (unpaired) electrons. The van der Waals surface area contributed by atoms with Crippen molar-refractivity contribution in [2.45, 2.75) is 5.92 Å². The van der Waals surface area contributed by atoms with E-state index >= 15 is 0 Å². The average Bonchev–Trinajstić information content (AvgIpc) is 2.43. The van der Waals surface area contributed by atoms with Crippen LogP contribution in [-0.4, -0.2) is 12.5 Å². The summed E-state index contributed by atoms with van der Waals surface area (Å²) in [5.41, 5.74) is 7.49. The Labute approximate surface area is 126 Å². The molecular weight excluding hydrogens is 351 g/mol. The SMILES string of the molecule is NCC(C(=O)Nc1ccccc1I)c1ccccc1. The number of nitrogens with two attached hydrogens (primary N) is 1. The number of amides is 1. The quantitative estimate of drug-likeness (QED) is 0.818. The Morgan fingerprint density at radius 3 is 2.37 bits per heavy atom. The Morgan fingerprint density at radius 1 is 1.11 bits per heavy atom. The van der Waals surface area contributed by atoms with Crippen LogP contribution in [0.1, 0.15) is 11.5 Å². The summed E-state index contributed by atoms with van der Waals surface area (Å²) in [6, 6.07) is 17.3. The van der Waals surface area contributed by atoms with E-state index in [4.69, 9.17) is 5.73 Å². The van der Waals surface area contributed by atoms with Gasteiger partial charge in [0.25, 0.3) is 0 Å². The van der Waals surface area contributed by atoms with Gasteiger partial charge in [-0.15, -0.1) is 0 Å². The minimum atomic E-state index is -0.322. The molecule has 98 valence electrons. The minimum Gasteiger partial charge on any atom is -0.329 e. The Hall–Kier alpha value is -1.40. The van der Waals surface area contributed by atoms with Crippen LogP contribution in [0.4, 0.5) is 5.69 Å². The van der Waals surface area contributed by atoms with Crippen molar-refractivity contribution >= 4 is 34.2 Å². The van der Waals surface area contributed by atoms with Gasteiger partial charge in [0.1, 0.15) is 0 Å². The van der Waals surface area contributed by atoms with Gasteiger partial charge in [-0.3, -0.25) is 4.79 Å². The van der Waals surface area contributed by atoms with E-state index in [2.05, 4.69) is 27.9 Å². The molecule has 4 heteroatoms. The summed E-state index contributed by atoms with van der Waals surface area (Å²) in [5.74, 6) is -0.393. The molecule has 1 unspecified atom stereocenters. The van der Waals surface area contributed by atoms with Gasteiger partial charge in [0.05, 0.1) is 11.6 Å². The monoisotopic (exact) mass is 366 g/mol. The molecule has 0 aliphatic heterocycles. The highest BCUT2D eigenvalue weighted by molar-refractivity contribution is 14.1. The van der Waals surface area contributed by atoms with Gasteiger partial charge in [-0.05, 0) is 40.3 Å². The number of nitrogens with one attached hydrogen (secondary N) is 1. The molecular formula is C15H15IN2O. The first kappa shape index (κ1) is 14.0. The molecule has 0 aliphatic rings. The first-order chi connectivity index (χ1) is 9.22. The molecule has 0 saturated carbocycles. The Balaban J connectivity index is 2.17. The van der Waals surface area contributed by atoms with Gasteiger partial charge in [0, 0.05) is 10.1 Å². The highest BCUT2D eigenvalue weighted by Crippen LogP contribution is 2.21. The summed E-state index contributed by atoms with van der Waals surface area (Å²) < 4.78 is 1.01. The van der Waals surface area contributed by atoms with Crippen molar-refractivity contribution < 1.29 is 4.79 Å². The fourth-order valence-electron chi connectivity index (χ4n) is 1.86. The van der Waals surface area contributed by atoms with E-state index in [1.54, 1.807) is 0 Å². The lowest BCUT2D eigenvalue weighted by atomic mass is 9.98. The van der Waals surface area contributed by atoms with Crippen LogP contribution in [0.25, 0.3) is 0 Å². The van der Waals surface area contributed by atoms with Gasteiger partial charge in [0.15, 0.2) is 0 Å². The zero-order valence-electron chi connectivity index (χ0n) is 10.3. The number of para-hydroxylation sites is 1. The fraction of sp³-hybridized carbons (Fsp3) is 0.133. The topological polar surface area (TPSA) is 55.1 Å². The van der Waals surface area contributed by atoms with E-state index < -0.39 is 0 Å². The fourth-order valence-corrected chi connectivity index (χ4v) is 2.38. The molecule has 2 rings (SSSR count). The lowest BCUT2D eigenvalue weighted by Crippen LogP contribution is -2.27. The predicted molar refractivity (Wildman–Crippen MR) is 86.0 cm³/mol. The maximum absolute atomic E-state index is 12.3. The number of carbonyl (C=O) groups is 1. The van der Waals surface area contributed by atoms with Gasteiger partial charge >= 0.3 is 0 Å². The zero-order chi connectivity index (χ0) is 13.7. The van der Waals surface area contributed by atoms with Crippen molar-refractivity contribution in [1.82, 2.24) is 0 Å². The van der Waals surface area contributed by atoms with Crippen LogP contribution >= 0.6 is 22.6 Å². The Bertz CT molecular complexity index is 557. The standard InChI is InChI=1S/C15H15IN2O/c16-13-8-4-5-9-14(13)18-15(19)12(10-17)11-6-2-1-3-7-11/h1-9,12H,10,17H2,(H,18,19). The molecule has 0 bridgehead atoms. The Morgan fingerprint density at radius 2 is 1.74 bits per heavy atom. The summed E-state index contributed by atoms with van der Waals surface area (Å²) >= 11 is 2.20. The number of hydrogen-bond donors (Lipinski definition) is 2. The van der Waals surface area contributed by atoms with Crippen molar-refractivity contribution in [3.63, 3.8) is 0 Å². The molecule has 1 amide bonds. The molecule has 0 aliphatic carbocycles. The largest absolute Gasteiger partial charge is 0.329 e. The van der Waals surface area contributed by atoms with E-state index in [1.165, 1.54) is 0 Å². The summed E-state index contributed by atoms with van der Waals surface area (Å²) in [6.45, 7) is 0.291. The molecule has 0 spiro atoms. The third-order valence-electron chi connectivity index (χ3n) is 2.89. The second kappa shape index (κ2) is 6.68. The van der Waals surface area contributed by atoms with Gasteiger partial charge < -0.3 is 11.1 Å². The predicted octanol–water partition coefficient (Wildman–Crippen LogP) is 2.97. The first-order valence-electron chi connectivity index (χ1n) is 6.02. The van der Waals surface area contributed by atoms with Crippen LogP contribution < -0.4 is 11.1 Å². The van der Waals surface area contributed by atoms with Crippen LogP contribution in [0.15, 0.2) is 54.6 Å². The first-order valence-corrected chi connectivity index (χ1v) is 7.10. The molecule has 19 heavy (non-hydrogen) atoms. The van der Waals surface area contributed by atoms with Crippen LogP contribution in [0, 0.1) is 3.57 Å². The minimum absolute atomic E-state index is 0.0715. The average molecular weight is 366 g/mol. The maximum Gasteiger partial charge on any atom is 0.233 e.